The first-order chi connectivity index (χ1) is 14.6. The van der Waals surface area contributed by atoms with Crippen LogP contribution in [0, 0.1) is 19.8 Å². The van der Waals surface area contributed by atoms with Crippen molar-refractivity contribution in [1.82, 2.24) is 23.7 Å². The van der Waals surface area contributed by atoms with E-state index in [4.69, 9.17) is 4.74 Å². The van der Waals surface area contributed by atoms with E-state index in [-0.39, 0.29) is 5.69 Å². The van der Waals surface area contributed by atoms with Crippen LogP contribution in [0.1, 0.15) is 24.1 Å². The van der Waals surface area contributed by atoms with Gasteiger partial charge in [-0.25, -0.2) is 14.3 Å². The van der Waals surface area contributed by atoms with Crippen molar-refractivity contribution in [2.45, 2.75) is 33.2 Å². The van der Waals surface area contributed by atoms with E-state index in [2.05, 4.69) is 16.1 Å². The smallest absolute Gasteiger partial charge is 0.333 e. The van der Waals surface area contributed by atoms with Gasteiger partial charge in [0.25, 0.3) is 0 Å². The lowest BCUT2D eigenvalue weighted by molar-refractivity contribution is 0.0608. The molecule has 0 unspecified atom stereocenters. The van der Waals surface area contributed by atoms with Gasteiger partial charge in [-0.1, -0.05) is 12.1 Å². The summed E-state index contributed by atoms with van der Waals surface area (Å²) in [5, 5.41) is 4.27. The van der Waals surface area contributed by atoms with Gasteiger partial charge in [0.2, 0.25) is 0 Å². The zero-order valence-electron chi connectivity index (χ0n) is 17.3. The molecule has 3 aromatic heterocycles. The highest BCUT2D eigenvalue weighted by Gasteiger charge is 2.23. The predicted molar refractivity (Wildman–Crippen MR) is 115 cm³/mol. The lowest BCUT2D eigenvalue weighted by Gasteiger charge is -2.22. The molecule has 0 bridgehead atoms. The van der Waals surface area contributed by atoms with Crippen LogP contribution in [-0.4, -0.2) is 36.9 Å². The second kappa shape index (κ2) is 7.57. The van der Waals surface area contributed by atoms with E-state index in [1.54, 1.807) is 4.52 Å². The monoisotopic (exact) mass is 403 g/mol. The van der Waals surface area contributed by atoms with E-state index in [1.807, 2.05) is 59.5 Å². The van der Waals surface area contributed by atoms with E-state index >= 15 is 0 Å². The lowest BCUT2D eigenvalue weighted by atomic mass is 10.0. The van der Waals surface area contributed by atoms with Crippen LogP contribution in [0.3, 0.4) is 0 Å². The average Bonchev–Trinajstić information content (AvgIpc) is 3.32. The van der Waals surface area contributed by atoms with Gasteiger partial charge in [0.15, 0.2) is 5.65 Å². The van der Waals surface area contributed by atoms with E-state index in [9.17, 15) is 4.79 Å². The highest BCUT2D eigenvalue weighted by Crippen LogP contribution is 2.28. The van der Waals surface area contributed by atoms with E-state index in [1.165, 1.54) is 6.33 Å². The van der Waals surface area contributed by atoms with Gasteiger partial charge in [-0.3, -0.25) is 9.13 Å². The summed E-state index contributed by atoms with van der Waals surface area (Å²) in [5.41, 5.74) is 5.58. The number of aromatic nitrogens is 5. The molecule has 1 aromatic carbocycles. The number of benzene rings is 1. The van der Waals surface area contributed by atoms with Gasteiger partial charge in [0.05, 0.1) is 11.4 Å². The number of rotatable bonds is 4. The SMILES string of the molecule is Cc1cccc(-n2c(-c3ccc4ncnn4c3)c(C)n(CC3CCOCC3)c2=O)c1. The number of nitrogens with zero attached hydrogens (tertiary/aromatic N) is 5. The fourth-order valence-corrected chi connectivity index (χ4v) is 4.35. The first-order valence-electron chi connectivity index (χ1n) is 10.4. The standard InChI is InChI=1S/C23H25N5O2/c1-16-4-3-5-20(12-16)28-22(19-6-7-21-24-15-25-27(21)14-19)17(2)26(23(28)29)13-18-8-10-30-11-9-18/h3-7,12,14-15,18H,8-11,13H2,1-2H3. The molecule has 0 radical (unpaired) electrons. The topological polar surface area (TPSA) is 66.3 Å². The Bertz CT molecular complexity index is 1260. The van der Waals surface area contributed by atoms with Crippen molar-refractivity contribution >= 4 is 5.65 Å². The maximum Gasteiger partial charge on any atom is 0.333 e. The predicted octanol–water partition coefficient (Wildman–Crippen LogP) is 3.39. The zero-order chi connectivity index (χ0) is 20.7. The number of aryl methyl sites for hydroxylation is 1. The number of imidazole rings is 1. The largest absolute Gasteiger partial charge is 0.381 e. The number of ether oxygens (including phenoxy) is 1. The van der Waals surface area contributed by atoms with Crippen LogP contribution >= 0.6 is 0 Å². The number of pyridine rings is 1. The Morgan fingerprint density at radius 1 is 1.13 bits per heavy atom. The molecule has 30 heavy (non-hydrogen) atoms. The molecule has 4 aromatic rings. The van der Waals surface area contributed by atoms with Gasteiger partial charge in [-0.2, -0.15) is 5.10 Å². The van der Waals surface area contributed by atoms with Gasteiger partial charge in [-0.05, 0) is 62.4 Å². The molecular formula is C23H25N5O2. The van der Waals surface area contributed by atoms with Crippen LogP contribution in [0.25, 0.3) is 22.6 Å². The molecule has 1 aliphatic rings. The fraction of sp³-hybridized carbons (Fsp3) is 0.348. The summed E-state index contributed by atoms with van der Waals surface area (Å²) in [7, 11) is 0. The lowest BCUT2D eigenvalue weighted by Crippen LogP contribution is -2.29. The fourth-order valence-electron chi connectivity index (χ4n) is 4.35. The Morgan fingerprint density at radius 3 is 2.77 bits per heavy atom. The van der Waals surface area contributed by atoms with Crippen molar-refractivity contribution in [2.75, 3.05) is 13.2 Å². The van der Waals surface area contributed by atoms with Gasteiger partial charge in [0.1, 0.15) is 6.33 Å². The first-order valence-corrected chi connectivity index (χ1v) is 10.4. The van der Waals surface area contributed by atoms with Crippen LogP contribution in [0.5, 0.6) is 0 Å². The number of fused-ring (bicyclic) bond motifs is 1. The number of hydrogen-bond acceptors (Lipinski definition) is 4. The summed E-state index contributed by atoms with van der Waals surface area (Å²) in [6, 6.07) is 12.0. The first kappa shape index (κ1) is 18.8. The van der Waals surface area contributed by atoms with E-state index in [0.717, 1.165) is 59.9 Å². The second-order valence-electron chi connectivity index (χ2n) is 8.04. The third-order valence-corrected chi connectivity index (χ3v) is 5.98. The van der Waals surface area contributed by atoms with Crippen molar-refractivity contribution in [3.63, 3.8) is 0 Å². The van der Waals surface area contributed by atoms with Gasteiger partial charge >= 0.3 is 5.69 Å². The van der Waals surface area contributed by atoms with Crippen molar-refractivity contribution in [1.29, 1.82) is 0 Å². The maximum absolute atomic E-state index is 13.6. The Hall–Kier alpha value is -3.19. The minimum Gasteiger partial charge on any atom is -0.381 e. The third-order valence-electron chi connectivity index (χ3n) is 5.98. The van der Waals surface area contributed by atoms with Crippen molar-refractivity contribution in [3.8, 4) is 16.9 Å². The third kappa shape index (κ3) is 3.25. The van der Waals surface area contributed by atoms with Gasteiger partial charge in [0, 0.05) is 37.2 Å². The molecular weight excluding hydrogens is 378 g/mol. The Labute approximate surface area is 174 Å². The molecule has 5 rings (SSSR count). The van der Waals surface area contributed by atoms with Crippen LogP contribution in [0.4, 0.5) is 0 Å². The Kier molecular flexibility index (Phi) is 4.75. The molecule has 1 saturated heterocycles. The molecule has 7 nitrogen and oxygen atoms in total. The van der Waals surface area contributed by atoms with Crippen molar-refractivity contribution in [2.24, 2.45) is 5.92 Å². The molecule has 4 heterocycles. The second-order valence-corrected chi connectivity index (χ2v) is 8.04. The minimum atomic E-state index is -0.00159. The van der Waals surface area contributed by atoms with Gasteiger partial charge < -0.3 is 4.74 Å². The molecule has 1 aliphatic heterocycles. The summed E-state index contributed by atoms with van der Waals surface area (Å²) in [6.07, 6.45) is 5.45. The summed E-state index contributed by atoms with van der Waals surface area (Å²) in [5.74, 6) is 0.453. The van der Waals surface area contributed by atoms with Crippen molar-refractivity contribution in [3.05, 3.63) is 70.7 Å². The molecule has 7 heteroatoms. The molecule has 154 valence electrons. The molecule has 1 fully saturated rings. The summed E-state index contributed by atoms with van der Waals surface area (Å²) in [6.45, 7) is 6.33. The van der Waals surface area contributed by atoms with E-state index < -0.39 is 0 Å². The van der Waals surface area contributed by atoms with Crippen LogP contribution in [-0.2, 0) is 11.3 Å². The molecule has 0 N–H and O–H groups in total. The summed E-state index contributed by atoms with van der Waals surface area (Å²) < 4.78 is 11.0. The Balaban J connectivity index is 1.70. The normalized spacial score (nSPS) is 15.1. The van der Waals surface area contributed by atoms with Gasteiger partial charge in [-0.15, -0.1) is 0 Å². The van der Waals surface area contributed by atoms with Crippen LogP contribution in [0.2, 0.25) is 0 Å². The molecule has 0 aliphatic carbocycles. The van der Waals surface area contributed by atoms with Crippen molar-refractivity contribution < 1.29 is 4.74 Å². The van der Waals surface area contributed by atoms with Crippen LogP contribution < -0.4 is 5.69 Å². The molecule has 0 spiro atoms. The van der Waals surface area contributed by atoms with Crippen LogP contribution in [0.15, 0.2) is 53.7 Å². The molecule has 0 saturated carbocycles. The highest BCUT2D eigenvalue weighted by molar-refractivity contribution is 5.66. The quantitative estimate of drug-likeness (QED) is 0.524. The Morgan fingerprint density at radius 2 is 1.97 bits per heavy atom. The summed E-state index contributed by atoms with van der Waals surface area (Å²) in [4.78, 5) is 17.9. The van der Waals surface area contributed by atoms with E-state index in [0.29, 0.717) is 12.5 Å². The molecule has 0 atom stereocenters. The average molecular weight is 403 g/mol. The zero-order valence-corrected chi connectivity index (χ0v) is 17.3. The molecule has 0 amide bonds. The maximum atomic E-state index is 13.6. The highest BCUT2D eigenvalue weighted by atomic mass is 16.5. The number of hydrogen-bond donors (Lipinski definition) is 0. The summed E-state index contributed by atoms with van der Waals surface area (Å²) >= 11 is 0. The minimum absolute atomic E-state index is 0.00159.